The molecule has 0 spiro atoms. The lowest BCUT2D eigenvalue weighted by atomic mass is 10.3. The topological polar surface area (TPSA) is 63.8 Å². The molecule has 0 radical (unpaired) electrons. The zero-order chi connectivity index (χ0) is 10.8. The third kappa shape index (κ3) is 2.03. The van der Waals surface area contributed by atoms with Gasteiger partial charge in [0.25, 0.3) is 0 Å². The number of nitrogens with zero attached hydrogens (tertiary/aromatic N) is 3. The average Bonchev–Trinajstić information content (AvgIpc) is 3.08. The fourth-order valence-electron chi connectivity index (χ4n) is 1.48. The monoisotopic (exact) mass is 216 g/mol. The lowest BCUT2D eigenvalue weighted by Crippen LogP contribution is -1.99. The summed E-state index contributed by atoms with van der Waals surface area (Å²) in [5.41, 5.74) is 1.14. The first-order chi connectivity index (χ1) is 7.92. The van der Waals surface area contributed by atoms with Gasteiger partial charge in [-0.1, -0.05) is 5.10 Å². The molecule has 0 aromatic carbocycles. The Morgan fingerprint density at radius 1 is 1.25 bits per heavy atom. The van der Waals surface area contributed by atoms with Crippen LogP contribution < -0.4 is 5.32 Å². The van der Waals surface area contributed by atoms with Crippen molar-refractivity contribution in [2.45, 2.75) is 25.3 Å². The number of anilines is 1. The first-order valence-corrected chi connectivity index (χ1v) is 5.38. The summed E-state index contributed by atoms with van der Waals surface area (Å²) >= 11 is 0. The Kier molecular flexibility index (Phi) is 2.29. The normalized spacial score (nSPS) is 15.0. The molecule has 82 valence electrons. The molecule has 5 nitrogen and oxygen atoms in total. The first kappa shape index (κ1) is 9.33. The van der Waals surface area contributed by atoms with Gasteiger partial charge in [0.05, 0.1) is 0 Å². The molecule has 1 saturated carbocycles. The van der Waals surface area contributed by atoms with Crippen LogP contribution in [-0.4, -0.2) is 15.2 Å². The molecular weight excluding hydrogens is 204 g/mol. The van der Waals surface area contributed by atoms with Crippen LogP contribution in [0.3, 0.4) is 0 Å². The van der Waals surface area contributed by atoms with Crippen molar-refractivity contribution in [3.63, 3.8) is 0 Å². The third-order valence-corrected chi connectivity index (χ3v) is 2.56. The van der Waals surface area contributed by atoms with Crippen molar-refractivity contribution in [3.8, 4) is 0 Å². The van der Waals surface area contributed by atoms with E-state index in [4.69, 9.17) is 4.42 Å². The van der Waals surface area contributed by atoms with Crippen molar-refractivity contribution in [1.29, 1.82) is 0 Å². The quantitative estimate of drug-likeness (QED) is 0.846. The van der Waals surface area contributed by atoms with Crippen LogP contribution >= 0.6 is 0 Å². The number of pyridine rings is 1. The van der Waals surface area contributed by atoms with Crippen LogP contribution in [0, 0.1) is 0 Å². The maximum absolute atomic E-state index is 5.48. The number of rotatable bonds is 4. The van der Waals surface area contributed by atoms with Gasteiger partial charge in [0.1, 0.15) is 0 Å². The predicted molar refractivity (Wildman–Crippen MR) is 57.8 cm³/mol. The molecule has 0 saturated heterocycles. The molecule has 5 heteroatoms. The fourth-order valence-corrected chi connectivity index (χ4v) is 1.48. The molecule has 1 aliphatic carbocycles. The van der Waals surface area contributed by atoms with Crippen LogP contribution in [0.5, 0.6) is 0 Å². The average molecular weight is 216 g/mol. The largest absolute Gasteiger partial charge is 0.408 e. The summed E-state index contributed by atoms with van der Waals surface area (Å²) in [7, 11) is 0. The molecule has 1 aliphatic rings. The van der Waals surface area contributed by atoms with E-state index in [9.17, 15) is 0 Å². The van der Waals surface area contributed by atoms with Gasteiger partial charge >= 0.3 is 6.01 Å². The fraction of sp³-hybridized carbons (Fsp3) is 0.364. The van der Waals surface area contributed by atoms with Gasteiger partial charge in [0.2, 0.25) is 5.89 Å². The van der Waals surface area contributed by atoms with Gasteiger partial charge in [-0.25, -0.2) is 0 Å². The number of nitrogens with one attached hydrogen (secondary N) is 1. The second-order valence-electron chi connectivity index (χ2n) is 3.93. The molecule has 1 N–H and O–H groups in total. The van der Waals surface area contributed by atoms with Gasteiger partial charge in [0.15, 0.2) is 0 Å². The molecule has 0 unspecified atom stereocenters. The van der Waals surface area contributed by atoms with Gasteiger partial charge in [-0.15, -0.1) is 5.10 Å². The van der Waals surface area contributed by atoms with Crippen molar-refractivity contribution in [2.24, 2.45) is 0 Å². The predicted octanol–water partition coefficient (Wildman–Crippen LogP) is 1.95. The van der Waals surface area contributed by atoms with Crippen molar-refractivity contribution in [3.05, 3.63) is 36.0 Å². The Balaban J connectivity index is 1.61. The zero-order valence-electron chi connectivity index (χ0n) is 8.76. The second kappa shape index (κ2) is 3.92. The van der Waals surface area contributed by atoms with Gasteiger partial charge < -0.3 is 9.73 Å². The van der Waals surface area contributed by atoms with Gasteiger partial charge in [0, 0.05) is 24.9 Å². The summed E-state index contributed by atoms with van der Waals surface area (Å²) in [5, 5.41) is 11.0. The van der Waals surface area contributed by atoms with E-state index in [1.54, 1.807) is 12.4 Å². The molecule has 2 aromatic heterocycles. The van der Waals surface area contributed by atoms with Crippen LogP contribution in [0.1, 0.15) is 30.2 Å². The van der Waals surface area contributed by atoms with E-state index in [1.165, 1.54) is 12.8 Å². The van der Waals surface area contributed by atoms with E-state index in [-0.39, 0.29) is 0 Å². The number of hydrogen-bond donors (Lipinski definition) is 1. The standard InChI is InChI=1S/C11H12N4O/c1-2-9(1)10-14-15-11(16-10)13-7-8-3-5-12-6-4-8/h3-6,9H,1-2,7H2,(H,13,15). The molecule has 0 bridgehead atoms. The second-order valence-corrected chi connectivity index (χ2v) is 3.93. The first-order valence-electron chi connectivity index (χ1n) is 5.38. The maximum Gasteiger partial charge on any atom is 0.315 e. The highest BCUT2D eigenvalue weighted by molar-refractivity contribution is 5.22. The molecule has 1 fully saturated rings. The number of aromatic nitrogens is 3. The molecule has 0 atom stereocenters. The number of hydrogen-bond acceptors (Lipinski definition) is 5. The van der Waals surface area contributed by atoms with Crippen LogP contribution in [0.2, 0.25) is 0 Å². The van der Waals surface area contributed by atoms with Gasteiger partial charge in [-0.2, -0.15) is 0 Å². The summed E-state index contributed by atoms with van der Waals surface area (Å²) in [6, 6.07) is 4.40. The van der Waals surface area contributed by atoms with Crippen LogP contribution in [0.4, 0.5) is 6.01 Å². The lowest BCUT2D eigenvalue weighted by molar-refractivity contribution is 0.507. The van der Waals surface area contributed by atoms with Gasteiger partial charge in [-0.05, 0) is 30.5 Å². The molecular formula is C11H12N4O. The van der Waals surface area contributed by atoms with Crippen molar-refractivity contribution in [1.82, 2.24) is 15.2 Å². The smallest absolute Gasteiger partial charge is 0.315 e. The highest BCUT2D eigenvalue weighted by atomic mass is 16.4. The van der Waals surface area contributed by atoms with E-state index in [0.717, 1.165) is 11.5 Å². The summed E-state index contributed by atoms with van der Waals surface area (Å²) in [6.07, 6.45) is 5.87. The lowest BCUT2D eigenvalue weighted by Gasteiger charge is -1.99. The van der Waals surface area contributed by atoms with Crippen LogP contribution in [0.15, 0.2) is 28.9 Å². The molecule has 0 aliphatic heterocycles. The van der Waals surface area contributed by atoms with E-state index >= 15 is 0 Å². The molecule has 16 heavy (non-hydrogen) atoms. The molecule has 2 heterocycles. The zero-order valence-corrected chi connectivity index (χ0v) is 8.76. The third-order valence-electron chi connectivity index (χ3n) is 2.56. The summed E-state index contributed by atoms with van der Waals surface area (Å²) in [6.45, 7) is 0.675. The molecule has 2 aromatic rings. The Morgan fingerprint density at radius 2 is 2.06 bits per heavy atom. The van der Waals surface area contributed by atoms with Crippen molar-refractivity contribution in [2.75, 3.05) is 5.32 Å². The van der Waals surface area contributed by atoms with Crippen LogP contribution in [-0.2, 0) is 6.54 Å². The summed E-state index contributed by atoms with van der Waals surface area (Å²) < 4.78 is 5.48. The van der Waals surface area contributed by atoms with Crippen molar-refractivity contribution < 1.29 is 4.42 Å². The Labute approximate surface area is 92.9 Å². The molecule has 3 rings (SSSR count). The SMILES string of the molecule is c1cc(CNc2nnc(C3CC3)o2)ccn1. The Bertz CT molecular complexity index is 464. The maximum atomic E-state index is 5.48. The van der Waals surface area contributed by atoms with E-state index in [2.05, 4.69) is 20.5 Å². The Hall–Kier alpha value is -1.91. The van der Waals surface area contributed by atoms with Crippen molar-refractivity contribution >= 4 is 6.01 Å². The van der Waals surface area contributed by atoms with E-state index in [0.29, 0.717) is 18.5 Å². The minimum atomic E-state index is 0.499. The van der Waals surface area contributed by atoms with E-state index < -0.39 is 0 Å². The van der Waals surface area contributed by atoms with Crippen LogP contribution in [0.25, 0.3) is 0 Å². The Morgan fingerprint density at radius 3 is 2.81 bits per heavy atom. The summed E-state index contributed by atoms with van der Waals surface area (Å²) in [4.78, 5) is 3.96. The highest BCUT2D eigenvalue weighted by Gasteiger charge is 2.29. The minimum Gasteiger partial charge on any atom is -0.408 e. The summed E-state index contributed by atoms with van der Waals surface area (Å²) in [5.74, 6) is 1.27. The van der Waals surface area contributed by atoms with Gasteiger partial charge in [-0.3, -0.25) is 4.98 Å². The minimum absolute atomic E-state index is 0.499. The highest BCUT2D eigenvalue weighted by Crippen LogP contribution is 2.39. The van der Waals surface area contributed by atoms with E-state index in [1.807, 2.05) is 12.1 Å². The molecule has 0 amide bonds.